The fourth-order valence-electron chi connectivity index (χ4n) is 3.57. The fraction of sp³-hybridized carbons (Fsp3) is 0.444. The van der Waals surface area contributed by atoms with Crippen LogP contribution in [0.4, 0.5) is 5.82 Å². The van der Waals surface area contributed by atoms with Crippen LogP contribution < -0.4 is 5.32 Å². The molecule has 2 aliphatic rings. The highest BCUT2D eigenvalue weighted by atomic mass is 16.2. The molecule has 3 heterocycles. The molecule has 1 fully saturated rings. The Balaban J connectivity index is 1.37. The van der Waals surface area contributed by atoms with Crippen molar-refractivity contribution in [3.8, 4) is 0 Å². The lowest BCUT2D eigenvalue weighted by molar-refractivity contribution is -0.129. The number of aromatic nitrogens is 3. The maximum Gasteiger partial charge on any atom is 0.227 e. The van der Waals surface area contributed by atoms with Gasteiger partial charge in [-0.15, -0.1) is 0 Å². The molecule has 24 heavy (non-hydrogen) atoms. The van der Waals surface area contributed by atoms with Crippen molar-refractivity contribution in [3.05, 3.63) is 47.7 Å². The molecule has 1 aliphatic heterocycles. The number of hydrogen-bond donors (Lipinski definition) is 1. The van der Waals surface area contributed by atoms with Gasteiger partial charge in [-0.2, -0.15) is 0 Å². The van der Waals surface area contributed by atoms with E-state index in [2.05, 4.69) is 20.3 Å². The highest BCUT2D eigenvalue weighted by Crippen LogP contribution is 2.26. The van der Waals surface area contributed by atoms with E-state index in [-0.39, 0.29) is 11.9 Å². The van der Waals surface area contributed by atoms with E-state index in [1.165, 1.54) is 11.3 Å². The third-order valence-electron chi connectivity index (χ3n) is 4.83. The average molecular weight is 323 g/mol. The van der Waals surface area contributed by atoms with Crippen LogP contribution in [0.25, 0.3) is 0 Å². The standard InChI is InChI=1S/C18H21N5O/c24-17(9-13-3-2-7-19-10-13)23-8-6-14(11-23)22-18-15-4-1-5-16(15)20-12-21-18/h2-3,7,10,12,14H,1,4-6,8-9,11H2,(H,20,21,22). The van der Waals surface area contributed by atoms with Crippen molar-refractivity contribution in [3.63, 3.8) is 0 Å². The summed E-state index contributed by atoms with van der Waals surface area (Å²) in [5.74, 6) is 1.13. The number of amides is 1. The summed E-state index contributed by atoms with van der Waals surface area (Å²) in [6, 6.07) is 4.08. The largest absolute Gasteiger partial charge is 0.365 e. The third-order valence-corrected chi connectivity index (χ3v) is 4.83. The second kappa shape index (κ2) is 6.55. The van der Waals surface area contributed by atoms with E-state index in [1.807, 2.05) is 17.0 Å². The summed E-state index contributed by atoms with van der Waals surface area (Å²) in [4.78, 5) is 27.2. The van der Waals surface area contributed by atoms with Gasteiger partial charge >= 0.3 is 0 Å². The zero-order valence-electron chi connectivity index (χ0n) is 13.6. The van der Waals surface area contributed by atoms with Crippen molar-refractivity contribution in [1.29, 1.82) is 0 Å². The number of nitrogens with zero attached hydrogens (tertiary/aromatic N) is 4. The maximum atomic E-state index is 12.4. The Bertz CT molecular complexity index is 733. The van der Waals surface area contributed by atoms with Crippen LogP contribution in [0.1, 0.15) is 29.7 Å². The van der Waals surface area contributed by atoms with Crippen molar-refractivity contribution in [2.45, 2.75) is 38.1 Å². The van der Waals surface area contributed by atoms with Crippen LogP contribution in [0, 0.1) is 0 Å². The van der Waals surface area contributed by atoms with Crippen LogP contribution in [0.5, 0.6) is 0 Å². The lowest BCUT2D eigenvalue weighted by Gasteiger charge is -2.18. The minimum Gasteiger partial charge on any atom is -0.365 e. The van der Waals surface area contributed by atoms with E-state index >= 15 is 0 Å². The predicted octanol–water partition coefficient (Wildman–Crippen LogP) is 1.62. The van der Waals surface area contributed by atoms with E-state index in [9.17, 15) is 4.79 Å². The van der Waals surface area contributed by atoms with Crippen LogP contribution in [0.3, 0.4) is 0 Å². The summed E-state index contributed by atoms with van der Waals surface area (Å²) in [7, 11) is 0. The van der Waals surface area contributed by atoms with Crippen LogP contribution >= 0.6 is 0 Å². The molecule has 1 atom stereocenters. The molecular weight excluding hydrogens is 302 g/mol. The summed E-state index contributed by atoms with van der Waals surface area (Å²) < 4.78 is 0. The average Bonchev–Trinajstić information content (AvgIpc) is 3.25. The maximum absolute atomic E-state index is 12.4. The number of carbonyl (C=O) groups is 1. The number of nitrogens with one attached hydrogen (secondary N) is 1. The van der Waals surface area contributed by atoms with E-state index < -0.39 is 0 Å². The number of rotatable bonds is 4. The molecule has 1 amide bonds. The van der Waals surface area contributed by atoms with Gasteiger partial charge in [0.2, 0.25) is 5.91 Å². The molecule has 1 aliphatic carbocycles. The normalized spacial score (nSPS) is 19.3. The smallest absolute Gasteiger partial charge is 0.227 e. The Kier molecular flexibility index (Phi) is 4.11. The molecule has 124 valence electrons. The minimum absolute atomic E-state index is 0.167. The fourth-order valence-corrected chi connectivity index (χ4v) is 3.57. The van der Waals surface area contributed by atoms with E-state index in [4.69, 9.17) is 0 Å². The monoisotopic (exact) mass is 323 g/mol. The third kappa shape index (κ3) is 3.09. The molecule has 0 radical (unpaired) electrons. The van der Waals surface area contributed by atoms with Gasteiger partial charge in [0.05, 0.1) is 6.42 Å². The van der Waals surface area contributed by atoms with Gasteiger partial charge in [-0.05, 0) is 37.3 Å². The Hall–Kier alpha value is -2.50. The molecule has 4 rings (SSSR count). The van der Waals surface area contributed by atoms with E-state index in [1.54, 1.807) is 18.7 Å². The molecule has 1 N–H and O–H groups in total. The molecule has 0 bridgehead atoms. The van der Waals surface area contributed by atoms with Crippen LogP contribution in [-0.4, -0.2) is 44.9 Å². The number of anilines is 1. The minimum atomic E-state index is 0.167. The molecule has 0 spiro atoms. The molecule has 0 saturated carbocycles. The van der Waals surface area contributed by atoms with Gasteiger partial charge in [0.15, 0.2) is 0 Å². The molecule has 0 aromatic carbocycles. The highest BCUT2D eigenvalue weighted by Gasteiger charge is 2.27. The first-order chi connectivity index (χ1) is 11.8. The second-order valence-corrected chi connectivity index (χ2v) is 6.51. The quantitative estimate of drug-likeness (QED) is 0.926. The van der Waals surface area contributed by atoms with Gasteiger partial charge in [0.25, 0.3) is 0 Å². The molecule has 2 aromatic heterocycles. The SMILES string of the molecule is O=C(Cc1cccnc1)N1CCC(Nc2ncnc3c2CCC3)C1. The van der Waals surface area contributed by atoms with Crippen molar-refractivity contribution < 1.29 is 4.79 Å². The molecule has 6 heteroatoms. The number of hydrogen-bond acceptors (Lipinski definition) is 5. The molecule has 1 saturated heterocycles. The lowest BCUT2D eigenvalue weighted by Crippen LogP contribution is -2.33. The molecule has 2 aromatic rings. The lowest BCUT2D eigenvalue weighted by atomic mass is 10.2. The van der Waals surface area contributed by atoms with Crippen molar-refractivity contribution >= 4 is 11.7 Å². The van der Waals surface area contributed by atoms with Crippen LogP contribution in [0.2, 0.25) is 0 Å². The summed E-state index contributed by atoms with van der Waals surface area (Å²) >= 11 is 0. The van der Waals surface area contributed by atoms with Crippen molar-refractivity contribution in [2.75, 3.05) is 18.4 Å². The molecule has 6 nitrogen and oxygen atoms in total. The van der Waals surface area contributed by atoms with Gasteiger partial charge in [-0.1, -0.05) is 6.07 Å². The topological polar surface area (TPSA) is 71.0 Å². The van der Waals surface area contributed by atoms with Crippen molar-refractivity contribution in [2.24, 2.45) is 0 Å². The summed E-state index contributed by atoms with van der Waals surface area (Å²) in [6.45, 7) is 1.53. The van der Waals surface area contributed by atoms with Crippen LogP contribution in [0.15, 0.2) is 30.9 Å². The number of carbonyl (C=O) groups excluding carboxylic acids is 1. The number of aryl methyl sites for hydroxylation is 1. The van der Waals surface area contributed by atoms with Gasteiger partial charge in [0.1, 0.15) is 12.1 Å². The summed E-state index contributed by atoms with van der Waals surface area (Å²) in [5, 5.41) is 3.53. The Morgan fingerprint density at radius 2 is 2.29 bits per heavy atom. The van der Waals surface area contributed by atoms with Gasteiger partial charge in [-0.25, -0.2) is 9.97 Å². The van der Waals surface area contributed by atoms with E-state index in [0.29, 0.717) is 6.42 Å². The summed E-state index contributed by atoms with van der Waals surface area (Å²) in [6.07, 6.45) is 9.76. The van der Waals surface area contributed by atoms with Gasteiger partial charge in [0, 0.05) is 42.8 Å². The Morgan fingerprint density at radius 3 is 3.17 bits per heavy atom. The van der Waals surface area contributed by atoms with Gasteiger partial charge < -0.3 is 10.2 Å². The molecular formula is C18H21N5O. The first-order valence-corrected chi connectivity index (χ1v) is 8.55. The number of pyridine rings is 1. The Labute approximate surface area is 141 Å². The zero-order chi connectivity index (χ0) is 16.4. The van der Waals surface area contributed by atoms with Crippen molar-refractivity contribution in [1.82, 2.24) is 19.9 Å². The first-order valence-electron chi connectivity index (χ1n) is 8.55. The summed E-state index contributed by atoms with van der Waals surface area (Å²) in [5.41, 5.74) is 3.40. The highest BCUT2D eigenvalue weighted by molar-refractivity contribution is 5.79. The molecule has 1 unspecified atom stereocenters. The Morgan fingerprint density at radius 1 is 1.33 bits per heavy atom. The number of fused-ring (bicyclic) bond motifs is 1. The second-order valence-electron chi connectivity index (χ2n) is 6.51. The zero-order valence-corrected chi connectivity index (χ0v) is 13.6. The predicted molar refractivity (Wildman–Crippen MR) is 90.6 cm³/mol. The van der Waals surface area contributed by atoms with Crippen LogP contribution in [-0.2, 0) is 24.1 Å². The van der Waals surface area contributed by atoms with Gasteiger partial charge in [-0.3, -0.25) is 9.78 Å². The number of likely N-dealkylation sites (tertiary alicyclic amines) is 1. The first kappa shape index (κ1) is 15.1. The van der Waals surface area contributed by atoms with E-state index in [0.717, 1.165) is 50.2 Å².